The number of alkyl carbamates (subject to hydrolysis) is 1. The normalized spacial score (nSPS) is 13.0. The second-order valence-corrected chi connectivity index (χ2v) is 11.2. The van der Waals surface area contributed by atoms with Crippen LogP contribution in [-0.2, 0) is 36.8 Å². The smallest absolute Gasteiger partial charge is 0.408 e. The van der Waals surface area contributed by atoms with Crippen LogP contribution in [0.2, 0.25) is 0 Å². The van der Waals surface area contributed by atoms with Gasteiger partial charge in [0.25, 0.3) is 0 Å². The molecule has 2 rings (SSSR count). The first-order valence-corrected chi connectivity index (χ1v) is 14.2. The minimum Gasteiger partial charge on any atom is -0.508 e. The molecule has 0 bridgehead atoms. The Labute approximate surface area is 257 Å². The molecular weight excluding hydrogens is 570 g/mol. The molecule has 13 heteroatoms. The lowest BCUT2D eigenvalue weighted by Gasteiger charge is -2.28. The van der Waals surface area contributed by atoms with E-state index in [1.54, 1.807) is 32.9 Å². The third kappa shape index (κ3) is 12.3. The third-order valence-corrected chi connectivity index (χ3v) is 6.40. The maximum atomic E-state index is 13.2. The van der Waals surface area contributed by atoms with Crippen LogP contribution in [-0.4, -0.2) is 95.3 Å². The number of hydrogen-bond acceptors (Lipinski definition) is 8. The molecule has 0 saturated carbocycles. The van der Waals surface area contributed by atoms with Crippen molar-refractivity contribution in [2.75, 3.05) is 26.7 Å². The number of nitrogens with zero attached hydrogens (tertiary/aromatic N) is 1. The first kappa shape index (κ1) is 35.5. The summed E-state index contributed by atoms with van der Waals surface area (Å²) in [7, 11) is 1.45. The Balaban J connectivity index is 2.04. The largest absolute Gasteiger partial charge is 0.508 e. The molecule has 0 radical (unpaired) electrons. The molecule has 240 valence electrons. The highest BCUT2D eigenvalue weighted by Crippen LogP contribution is 2.13. The van der Waals surface area contributed by atoms with Gasteiger partial charge in [0.2, 0.25) is 23.6 Å². The molecule has 3 atom stereocenters. The van der Waals surface area contributed by atoms with Gasteiger partial charge in [0.15, 0.2) is 0 Å². The van der Waals surface area contributed by atoms with E-state index in [9.17, 15) is 29.1 Å². The number of nitrogens with one attached hydrogen (secondary N) is 4. The number of phenols is 1. The Morgan fingerprint density at radius 2 is 1.45 bits per heavy atom. The molecule has 0 aromatic heterocycles. The Hall–Kier alpha value is -4.65. The van der Waals surface area contributed by atoms with Crippen LogP contribution in [0.15, 0.2) is 54.6 Å². The number of rotatable bonds is 14. The molecule has 5 amide bonds. The van der Waals surface area contributed by atoms with Crippen LogP contribution in [0.5, 0.6) is 5.75 Å². The number of carbonyl (C=O) groups excluding carboxylic acids is 5. The molecule has 2 aromatic carbocycles. The van der Waals surface area contributed by atoms with Crippen LogP contribution < -0.4 is 21.3 Å². The van der Waals surface area contributed by atoms with Crippen LogP contribution in [0.25, 0.3) is 0 Å². The second-order valence-electron chi connectivity index (χ2n) is 11.2. The number of phenolic OH excluding ortho intramolecular Hbond substituents is 1. The molecule has 0 fully saturated rings. The van der Waals surface area contributed by atoms with Crippen molar-refractivity contribution >= 4 is 29.7 Å². The van der Waals surface area contributed by atoms with Gasteiger partial charge in [0.1, 0.15) is 29.5 Å². The van der Waals surface area contributed by atoms with Crippen molar-refractivity contribution in [3.05, 3.63) is 65.7 Å². The summed E-state index contributed by atoms with van der Waals surface area (Å²) in [6, 6.07) is 12.1. The number of aliphatic hydroxyl groups excluding tert-OH is 1. The summed E-state index contributed by atoms with van der Waals surface area (Å²) in [5.74, 6) is -2.29. The van der Waals surface area contributed by atoms with Gasteiger partial charge in [-0.25, -0.2) is 4.79 Å². The fourth-order valence-electron chi connectivity index (χ4n) is 4.06. The highest BCUT2D eigenvalue weighted by Gasteiger charge is 2.29. The van der Waals surface area contributed by atoms with Crippen molar-refractivity contribution in [1.82, 2.24) is 26.2 Å². The molecule has 0 heterocycles. The molecule has 0 saturated heterocycles. The Morgan fingerprint density at radius 3 is 2.05 bits per heavy atom. The zero-order valence-corrected chi connectivity index (χ0v) is 25.8. The minimum atomic E-state index is -1.12. The van der Waals surface area contributed by atoms with Crippen LogP contribution in [0.4, 0.5) is 4.79 Å². The van der Waals surface area contributed by atoms with E-state index in [2.05, 4.69) is 21.3 Å². The highest BCUT2D eigenvalue weighted by atomic mass is 16.6. The first-order valence-electron chi connectivity index (χ1n) is 14.2. The number of aliphatic hydroxyl groups is 1. The van der Waals surface area contributed by atoms with E-state index < -0.39 is 60.0 Å². The van der Waals surface area contributed by atoms with Crippen molar-refractivity contribution < 1.29 is 38.9 Å². The maximum Gasteiger partial charge on any atom is 0.408 e. The number of likely N-dealkylation sites (N-methyl/N-ethyl adjacent to an activating group) is 1. The van der Waals surface area contributed by atoms with E-state index in [4.69, 9.17) is 9.84 Å². The molecule has 2 aromatic rings. The number of aromatic hydroxyl groups is 1. The summed E-state index contributed by atoms with van der Waals surface area (Å²) in [6.07, 6.45) is -0.562. The molecule has 13 nitrogen and oxygen atoms in total. The van der Waals surface area contributed by atoms with Gasteiger partial charge in [-0.3, -0.25) is 19.2 Å². The minimum absolute atomic E-state index is 0.0244. The van der Waals surface area contributed by atoms with E-state index in [0.717, 1.165) is 5.56 Å². The second kappa shape index (κ2) is 16.8. The van der Waals surface area contributed by atoms with Crippen LogP contribution in [0.1, 0.15) is 38.8 Å². The van der Waals surface area contributed by atoms with E-state index in [1.807, 2.05) is 30.3 Å². The Morgan fingerprint density at radius 1 is 0.841 bits per heavy atom. The molecule has 0 aliphatic heterocycles. The Kier molecular flexibility index (Phi) is 13.6. The predicted molar refractivity (Wildman–Crippen MR) is 162 cm³/mol. The van der Waals surface area contributed by atoms with Gasteiger partial charge >= 0.3 is 6.09 Å². The van der Waals surface area contributed by atoms with Crippen molar-refractivity contribution in [2.24, 2.45) is 0 Å². The summed E-state index contributed by atoms with van der Waals surface area (Å²) in [4.78, 5) is 65.4. The van der Waals surface area contributed by atoms with Crippen LogP contribution >= 0.6 is 0 Å². The summed E-state index contributed by atoms with van der Waals surface area (Å²) in [5, 5.41) is 28.8. The molecule has 0 spiro atoms. The fraction of sp³-hybridized carbons (Fsp3) is 0.452. The van der Waals surface area contributed by atoms with Crippen molar-refractivity contribution in [1.29, 1.82) is 0 Å². The summed E-state index contributed by atoms with van der Waals surface area (Å²) in [5.41, 5.74) is 0.646. The van der Waals surface area contributed by atoms with Gasteiger partial charge in [0.05, 0.1) is 13.2 Å². The lowest BCUT2D eigenvalue weighted by atomic mass is 10.0. The van der Waals surface area contributed by atoms with Crippen molar-refractivity contribution in [3.8, 4) is 5.75 Å². The average Bonchev–Trinajstić information content (AvgIpc) is 2.97. The van der Waals surface area contributed by atoms with E-state index >= 15 is 0 Å². The van der Waals surface area contributed by atoms with Gasteiger partial charge in [-0.05, 0) is 51.0 Å². The fourth-order valence-corrected chi connectivity index (χ4v) is 4.06. The van der Waals surface area contributed by atoms with Crippen molar-refractivity contribution in [3.63, 3.8) is 0 Å². The monoisotopic (exact) mass is 613 g/mol. The maximum absolute atomic E-state index is 13.2. The predicted octanol–water partition coefficient (Wildman–Crippen LogP) is 0.627. The number of hydrogen-bond donors (Lipinski definition) is 6. The highest BCUT2D eigenvalue weighted by molar-refractivity contribution is 5.94. The SMILES string of the molecule is C[C@@H](NC(=O)[C@H](Cc1ccc(O)cc1)NC(=O)OC(C)(C)C)C(=O)NCC(=O)N(C)[C@@H](Cc1ccccc1)C(=O)NCCO. The molecule has 0 aliphatic carbocycles. The lowest BCUT2D eigenvalue weighted by molar-refractivity contribution is -0.139. The third-order valence-electron chi connectivity index (χ3n) is 6.40. The summed E-state index contributed by atoms with van der Waals surface area (Å²) < 4.78 is 5.28. The number of amides is 5. The number of ether oxygens (including phenoxy) is 1. The molecular formula is C31H43N5O8. The Bertz CT molecular complexity index is 1260. The van der Waals surface area contributed by atoms with E-state index in [0.29, 0.717) is 5.56 Å². The van der Waals surface area contributed by atoms with Gasteiger partial charge in [0, 0.05) is 26.4 Å². The lowest BCUT2D eigenvalue weighted by Crippen LogP contribution is -2.55. The zero-order chi connectivity index (χ0) is 32.9. The average molecular weight is 614 g/mol. The van der Waals surface area contributed by atoms with Gasteiger partial charge in [-0.15, -0.1) is 0 Å². The van der Waals surface area contributed by atoms with Gasteiger partial charge in [-0.1, -0.05) is 42.5 Å². The summed E-state index contributed by atoms with van der Waals surface area (Å²) >= 11 is 0. The van der Waals surface area contributed by atoms with Crippen LogP contribution in [0, 0.1) is 0 Å². The summed E-state index contributed by atoms with van der Waals surface area (Å²) in [6.45, 7) is 5.78. The molecule has 44 heavy (non-hydrogen) atoms. The molecule has 6 N–H and O–H groups in total. The topological polar surface area (TPSA) is 186 Å². The molecule has 0 unspecified atom stereocenters. The van der Waals surface area contributed by atoms with Crippen molar-refractivity contribution in [2.45, 2.75) is 64.3 Å². The zero-order valence-electron chi connectivity index (χ0n) is 25.8. The number of benzene rings is 2. The molecule has 0 aliphatic rings. The standard InChI is InChI=1S/C31H43N5O8/c1-20(34-28(41)24(35-30(43)44-31(2,3)4)17-22-11-13-23(38)14-12-22)27(40)33-19-26(39)36(5)25(29(42)32-15-16-37)18-21-9-7-6-8-10-21/h6-14,20,24-25,37-38H,15-19H2,1-5H3,(H,32,42)(H,33,40)(H,34,41)(H,35,43)/t20-,24+,25+/m1/s1. The van der Waals surface area contributed by atoms with Crippen LogP contribution in [0.3, 0.4) is 0 Å². The van der Waals surface area contributed by atoms with E-state index in [1.165, 1.54) is 31.0 Å². The van der Waals surface area contributed by atoms with Gasteiger partial charge in [-0.2, -0.15) is 0 Å². The van der Waals surface area contributed by atoms with E-state index in [-0.39, 0.29) is 31.7 Å². The number of carbonyl (C=O) groups is 5. The first-order chi connectivity index (χ1) is 20.7. The quantitative estimate of drug-likeness (QED) is 0.179. The van der Waals surface area contributed by atoms with Gasteiger partial charge < -0.3 is 41.1 Å².